The fourth-order valence-electron chi connectivity index (χ4n) is 2.13. The SMILES string of the molecule is CC(C=O)N(Nc1ccc(F)cc1Nc1cccnc1)C(=O)OC(C)(C)C. The third kappa shape index (κ3) is 5.95. The Morgan fingerprint density at radius 1 is 1.30 bits per heavy atom. The Labute approximate surface area is 157 Å². The number of ether oxygens (including phenoxy) is 1. The van der Waals surface area contributed by atoms with Crippen molar-refractivity contribution in [3.63, 3.8) is 0 Å². The van der Waals surface area contributed by atoms with Crippen molar-refractivity contribution in [2.75, 3.05) is 10.7 Å². The number of nitrogens with one attached hydrogen (secondary N) is 2. The van der Waals surface area contributed by atoms with Crippen LogP contribution in [0.25, 0.3) is 0 Å². The van der Waals surface area contributed by atoms with Gasteiger partial charge in [-0.3, -0.25) is 10.4 Å². The first-order valence-electron chi connectivity index (χ1n) is 8.40. The molecule has 0 bridgehead atoms. The van der Waals surface area contributed by atoms with Gasteiger partial charge in [0.15, 0.2) is 0 Å². The molecule has 7 nitrogen and oxygen atoms in total. The second-order valence-corrected chi connectivity index (χ2v) is 6.90. The molecule has 0 radical (unpaired) electrons. The summed E-state index contributed by atoms with van der Waals surface area (Å²) in [6.07, 6.45) is 3.08. The number of benzene rings is 1. The quantitative estimate of drug-likeness (QED) is 0.585. The van der Waals surface area contributed by atoms with Gasteiger partial charge in [0.2, 0.25) is 0 Å². The van der Waals surface area contributed by atoms with Crippen LogP contribution in [0, 0.1) is 5.82 Å². The van der Waals surface area contributed by atoms with E-state index in [1.165, 1.54) is 18.2 Å². The second-order valence-electron chi connectivity index (χ2n) is 6.90. The van der Waals surface area contributed by atoms with E-state index in [1.807, 2.05) is 0 Å². The first kappa shape index (κ1) is 20.2. The van der Waals surface area contributed by atoms with Crippen LogP contribution in [0.2, 0.25) is 0 Å². The van der Waals surface area contributed by atoms with Crippen LogP contribution in [0.15, 0.2) is 42.7 Å². The Balaban J connectivity index is 2.31. The predicted octanol–water partition coefficient (Wildman–Crippen LogP) is 4.12. The van der Waals surface area contributed by atoms with Crippen molar-refractivity contribution in [3.8, 4) is 0 Å². The summed E-state index contributed by atoms with van der Waals surface area (Å²) < 4.78 is 19.1. The number of pyridine rings is 1. The molecule has 0 saturated heterocycles. The predicted molar refractivity (Wildman–Crippen MR) is 101 cm³/mol. The molecule has 2 rings (SSSR count). The number of carbonyl (C=O) groups excluding carboxylic acids is 2. The van der Waals surface area contributed by atoms with Gasteiger partial charge >= 0.3 is 6.09 Å². The summed E-state index contributed by atoms with van der Waals surface area (Å²) in [5, 5.41) is 4.09. The normalized spacial score (nSPS) is 12.0. The summed E-state index contributed by atoms with van der Waals surface area (Å²) in [5.41, 5.74) is 3.51. The highest BCUT2D eigenvalue weighted by Gasteiger charge is 2.27. The number of hydrogen-bond donors (Lipinski definition) is 2. The number of hydrazine groups is 1. The fraction of sp³-hybridized carbons (Fsp3) is 0.316. The van der Waals surface area contributed by atoms with E-state index in [4.69, 9.17) is 4.74 Å². The minimum Gasteiger partial charge on any atom is -0.442 e. The van der Waals surface area contributed by atoms with Gasteiger partial charge in [0, 0.05) is 6.20 Å². The van der Waals surface area contributed by atoms with E-state index in [2.05, 4.69) is 15.7 Å². The highest BCUT2D eigenvalue weighted by molar-refractivity contribution is 5.79. The number of halogens is 1. The number of hydrogen-bond acceptors (Lipinski definition) is 6. The Morgan fingerprint density at radius 3 is 2.63 bits per heavy atom. The largest absolute Gasteiger partial charge is 0.442 e. The number of rotatable bonds is 6. The smallest absolute Gasteiger partial charge is 0.429 e. The van der Waals surface area contributed by atoms with Crippen LogP contribution in [-0.4, -0.2) is 34.0 Å². The molecule has 0 saturated carbocycles. The zero-order valence-electron chi connectivity index (χ0n) is 15.7. The third-order valence-electron chi connectivity index (χ3n) is 3.36. The number of amides is 1. The van der Waals surface area contributed by atoms with E-state index in [0.29, 0.717) is 23.3 Å². The molecule has 1 amide bonds. The summed E-state index contributed by atoms with van der Waals surface area (Å²) in [4.78, 5) is 27.7. The lowest BCUT2D eigenvalue weighted by atomic mass is 10.2. The molecular weight excluding hydrogens is 351 g/mol. The van der Waals surface area contributed by atoms with Crippen molar-refractivity contribution < 1.29 is 18.7 Å². The summed E-state index contributed by atoms with van der Waals surface area (Å²) in [6.45, 7) is 6.72. The maximum Gasteiger partial charge on any atom is 0.429 e. The summed E-state index contributed by atoms with van der Waals surface area (Å²) >= 11 is 0. The molecule has 8 heteroatoms. The number of nitrogens with zero attached hydrogens (tertiary/aromatic N) is 2. The fourth-order valence-corrected chi connectivity index (χ4v) is 2.13. The number of aromatic nitrogens is 1. The van der Waals surface area contributed by atoms with Crippen molar-refractivity contribution in [2.24, 2.45) is 0 Å². The topological polar surface area (TPSA) is 83.6 Å². The molecule has 1 aromatic carbocycles. The minimum absolute atomic E-state index is 0.370. The van der Waals surface area contributed by atoms with E-state index in [-0.39, 0.29) is 0 Å². The number of carbonyl (C=O) groups is 2. The van der Waals surface area contributed by atoms with Crippen LogP contribution >= 0.6 is 0 Å². The molecule has 144 valence electrons. The van der Waals surface area contributed by atoms with Crippen molar-refractivity contribution in [1.82, 2.24) is 9.99 Å². The Morgan fingerprint density at radius 2 is 2.04 bits per heavy atom. The van der Waals surface area contributed by atoms with Crippen molar-refractivity contribution in [1.29, 1.82) is 0 Å². The van der Waals surface area contributed by atoms with Crippen molar-refractivity contribution in [3.05, 3.63) is 48.5 Å². The van der Waals surface area contributed by atoms with Crippen LogP contribution < -0.4 is 10.7 Å². The Bertz CT molecular complexity index is 793. The summed E-state index contributed by atoms with van der Waals surface area (Å²) in [7, 11) is 0. The maximum atomic E-state index is 13.7. The van der Waals surface area contributed by atoms with Crippen LogP contribution in [0.4, 0.5) is 26.2 Å². The second kappa shape index (κ2) is 8.48. The van der Waals surface area contributed by atoms with Gasteiger partial charge in [-0.15, -0.1) is 0 Å². The molecule has 0 aliphatic carbocycles. The molecule has 27 heavy (non-hydrogen) atoms. The molecular formula is C19H23FN4O3. The third-order valence-corrected chi connectivity index (χ3v) is 3.36. The van der Waals surface area contributed by atoms with Gasteiger partial charge in [0.1, 0.15) is 23.7 Å². The lowest BCUT2D eigenvalue weighted by Crippen LogP contribution is -2.46. The average molecular weight is 374 g/mol. The molecule has 0 aliphatic rings. The van der Waals surface area contributed by atoms with Gasteiger partial charge in [-0.1, -0.05) is 0 Å². The zero-order valence-corrected chi connectivity index (χ0v) is 15.7. The number of aldehydes is 1. The summed E-state index contributed by atoms with van der Waals surface area (Å²) in [6, 6.07) is 6.67. The van der Waals surface area contributed by atoms with Crippen LogP contribution in [0.1, 0.15) is 27.7 Å². The minimum atomic E-state index is -0.809. The van der Waals surface area contributed by atoms with E-state index in [9.17, 15) is 14.0 Å². The molecule has 0 aliphatic heterocycles. The molecule has 0 spiro atoms. The van der Waals surface area contributed by atoms with Gasteiger partial charge in [0.25, 0.3) is 0 Å². The van der Waals surface area contributed by atoms with Gasteiger partial charge in [-0.25, -0.2) is 14.2 Å². The van der Waals surface area contributed by atoms with E-state index >= 15 is 0 Å². The van der Waals surface area contributed by atoms with Gasteiger partial charge in [-0.2, -0.15) is 0 Å². The Hall–Kier alpha value is -3.16. The lowest BCUT2D eigenvalue weighted by Gasteiger charge is -2.30. The molecule has 1 aromatic heterocycles. The molecule has 0 fully saturated rings. The molecule has 2 aromatic rings. The van der Waals surface area contributed by atoms with Gasteiger partial charge in [-0.05, 0) is 58.0 Å². The van der Waals surface area contributed by atoms with Crippen molar-refractivity contribution >= 4 is 29.4 Å². The first-order chi connectivity index (χ1) is 12.7. The maximum absolute atomic E-state index is 13.7. The van der Waals surface area contributed by atoms with Crippen LogP contribution in [0.3, 0.4) is 0 Å². The van der Waals surface area contributed by atoms with Crippen molar-refractivity contribution in [2.45, 2.75) is 39.3 Å². The van der Waals surface area contributed by atoms with Gasteiger partial charge in [0.05, 0.1) is 23.3 Å². The van der Waals surface area contributed by atoms with Gasteiger partial charge < -0.3 is 14.8 Å². The first-order valence-corrected chi connectivity index (χ1v) is 8.40. The zero-order chi connectivity index (χ0) is 20.0. The van der Waals surface area contributed by atoms with Crippen LogP contribution in [-0.2, 0) is 9.53 Å². The molecule has 1 heterocycles. The Kier molecular flexibility index (Phi) is 6.33. The average Bonchev–Trinajstić information content (AvgIpc) is 2.60. The van der Waals surface area contributed by atoms with E-state index < -0.39 is 23.6 Å². The van der Waals surface area contributed by atoms with E-state index in [0.717, 1.165) is 5.01 Å². The monoisotopic (exact) mass is 374 g/mol. The van der Waals surface area contributed by atoms with E-state index in [1.54, 1.807) is 52.2 Å². The lowest BCUT2D eigenvalue weighted by molar-refractivity contribution is -0.111. The molecule has 2 N–H and O–H groups in total. The summed E-state index contributed by atoms with van der Waals surface area (Å²) in [5.74, 6) is -0.459. The van der Waals surface area contributed by atoms with Crippen LogP contribution in [0.5, 0.6) is 0 Å². The standard InChI is InChI=1S/C19H23FN4O3/c1-13(12-25)24(18(26)27-19(2,3)4)23-16-8-7-14(20)10-17(16)22-15-6-5-9-21-11-15/h5-13,22-23H,1-4H3. The highest BCUT2D eigenvalue weighted by atomic mass is 19.1. The highest BCUT2D eigenvalue weighted by Crippen LogP contribution is 2.27. The number of anilines is 3. The molecule has 1 unspecified atom stereocenters. The molecule has 1 atom stereocenters.